The van der Waals surface area contributed by atoms with E-state index in [4.69, 9.17) is 10.5 Å². The van der Waals surface area contributed by atoms with Crippen molar-refractivity contribution < 1.29 is 18.3 Å². The zero-order valence-electron chi connectivity index (χ0n) is 19.7. The second-order valence-electron chi connectivity index (χ2n) is 8.39. The molecule has 39 heavy (non-hydrogen) atoms. The summed E-state index contributed by atoms with van der Waals surface area (Å²) < 4.78 is 38.2. The number of nitrogens with two attached hydrogens (primary N) is 1. The summed E-state index contributed by atoms with van der Waals surface area (Å²) in [4.78, 5) is 41.4. The Hall–Kier alpha value is -4.97. The Morgan fingerprint density at radius 3 is 2.62 bits per heavy atom. The van der Waals surface area contributed by atoms with Crippen LogP contribution in [-0.2, 0) is 0 Å². The molecule has 1 amide bonds. The van der Waals surface area contributed by atoms with E-state index >= 15 is 8.78 Å². The molecule has 0 bridgehead atoms. The van der Waals surface area contributed by atoms with Gasteiger partial charge in [0.25, 0.3) is 5.91 Å². The number of primary amides is 1. The van der Waals surface area contributed by atoms with Crippen molar-refractivity contribution in [3.63, 3.8) is 0 Å². The highest BCUT2D eigenvalue weighted by atomic mass is 79.9. The van der Waals surface area contributed by atoms with Crippen LogP contribution in [0, 0.1) is 11.6 Å². The first-order chi connectivity index (χ1) is 18.8. The number of pyridine rings is 2. The number of ether oxygens (including phenoxy) is 1. The number of rotatable bonds is 5. The third-order valence-electron chi connectivity index (χ3n) is 6.06. The zero-order valence-corrected chi connectivity index (χ0v) is 21.2. The number of aromatic nitrogens is 5. The van der Waals surface area contributed by atoms with E-state index < -0.39 is 28.5 Å². The second kappa shape index (κ2) is 9.40. The molecule has 192 valence electrons. The predicted octanol–water partition coefficient (Wildman–Crippen LogP) is 5.26. The summed E-state index contributed by atoms with van der Waals surface area (Å²) in [5, 5.41) is 0.578. The van der Waals surface area contributed by atoms with Crippen LogP contribution in [0.5, 0.6) is 11.6 Å². The van der Waals surface area contributed by atoms with Crippen LogP contribution in [0.15, 0.2) is 82.6 Å². The van der Waals surface area contributed by atoms with E-state index in [9.17, 15) is 9.59 Å². The zero-order chi connectivity index (χ0) is 27.3. The minimum Gasteiger partial charge on any atom is -0.435 e. The number of carbonyl (C=O) groups excluding carboxylic acids is 1. The number of nitrogens with zero attached hydrogens (tertiary/aromatic N) is 4. The van der Waals surface area contributed by atoms with E-state index in [1.54, 1.807) is 18.3 Å². The smallest absolute Gasteiger partial charge is 0.254 e. The van der Waals surface area contributed by atoms with Gasteiger partial charge in [0.15, 0.2) is 11.6 Å². The summed E-state index contributed by atoms with van der Waals surface area (Å²) in [6.07, 6.45) is 4.34. The SMILES string of the molecule is NC(=O)c1c(-c2ccc(Oc3ncnc4[nH]ccc34)c(F)c2)n(-c2ccc(Br)cc2F)c2ncccc2c1=O. The van der Waals surface area contributed by atoms with Gasteiger partial charge in [-0.2, -0.15) is 0 Å². The highest BCUT2D eigenvalue weighted by Crippen LogP contribution is 2.35. The van der Waals surface area contributed by atoms with Crippen LogP contribution in [0.25, 0.3) is 39.0 Å². The van der Waals surface area contributed by atoms with E-state index in [2.05, 4.69) is 35.9 Å². The number of halogens is 3. The summed E-state index contributed by atoms with van der Waals surface area (Å²) in [5.74, 6) is -2.64. The molecule has 0 aliphatic rings. The maximum Gasteiger partial charge on any atom is 0.254 e. The standard InChI is InChI=1S/C27H15BrF2N6O3/c28-14-4-5-19(17(29)11-14)36-22(21(24(31)38)23(37)15-2-1-8-33-26(15)36)13-3-6-20(18(30)10-13)39-27-16-7-9-32-25(16)34-12-35-27/h1-12H,(H2,31,38)(H,32,34,35). The van der Waals surface area contributed by atoms with Gasteiger partial charge < -0.3 is 15.5 Å². The van der Waals surface area contributed by atoms with Gasteiger partial charge in [0.2, 0.25) is 11.3 Å². The number of carbonyl (C=O) groups is 1. The van der Waals surface area contributed by atoms with E-state index in [0.717, 1.165) is 6.07 Å². The summed E-state index contributed by atoms with van der Waals surface area (Å²) in [6.45, 7) is 0. The molecule has 4 heterocycles. The monoisotopic (exact) mass is 588 g/mol. The molecule has 6 aromatic rings. The van der Waals surface area contributed by atoms with Gasteiger partial charge in [0.1, 0.15) is 29.0 Å². The van der Waals surface area contributed by atoms with Crippen LogP contribution in [-0.4, -0.2) is 30.4 Å². The highest BCUT2D eigenvalue weighted by molar-refractivity contribution is 9.10. The molecule has 0 aliphatic carbocycles. The normalized spacial score (nSPS) is 11.3. The molecule has 4 aromatic heterocycles. The molecular weight excluding hydrogens is 574 g/mol. The number of aromatic amines is 1. The Bertz CT molecular complexity index is 2010. The number of benzene rings is 2. The predicted molar refractivity (Wildman–Crippen MR) is 143 cm³/mol. The quantitative estimate of drug-likeness (QED) is 0.283. The largest absolute Gasteiger partial charge is 0.435 e. The lowest BCUT2D eigenvalue weighted by Crippen LogP contribution is -2.27. The van der Waals surface area contributed by atoms with Crippen LogP contribution >= 0.6 is 15.9 Å². The van der Waals surface area contributed by atoms with E-state index in [1.165, 1.54) is 53.5 Å². The molecule has 0 saturated carbocycles. The molecule has 0 fully saturated rings. The molecule has 9 nitrogen and oxygen atoms in total. The minimum atomic E-state index is -1.07. The fourth-order valence-corrected chi connectivity index (χ4v) is 4.71. The van der Waals surface area contributed by atoms with Crippen molar-refractivity contribution in [2.75, 3.05) is 0 Å². The number of hydrogen-bond donors (Lipinski definition) is 2. The molecule has 0 aliphatic heterocycles. The Balaban J connectivity index is 1.61. The van der Waals surface area contributed by atoms with Gasteiger partial charge in [-0.1, -0.05) is 15.9 Å². The van der Waals surface area contributed by atoms with Gasteiger partial charge in [-0.15, -0.1) is 0 Å². The fourth-order valence-electron chi connectivity index (χ4n) is 4.38. The third-order valence-corrected chi connectivity index (χ3v) is 6.55. The van der Waals surface area contributed by atoms with Gasteiger partial charge in [0.05, 0.1) is 22.2 Å². The van der Waals surface area contributed by atoms with Crippen LogP contribution < -0.4 is 15.9 Å². The summed E-state index contributed by atoms with van der Waals surface area (Å²) in [5.41, 5.74) is 4.96. The fraction of sp³-hybridized carbons (Fsp3) is 0. The summed E-state index contributed by atoms with van der Waals surface area (Å²) >= 11 is 3.22. The Labute approximate surface area is 226 Å². The van der Waals surface area contributed by atoms with Crippen LogP contribution in [0.3, 0.4) is 0 Å². The van der Waals surface area contributed by atoms with Crippen molar-refractivity contribution in [2.45, 2.75) is 0 Å². The van der Waals surface area contributed by atoms with Crippen LogP contribution in [0.2, 0.25) is 0 Å². The van der Waals surface area contributed by atoms with Crippen molar-refractivity contribution in [3.8, 4) is 28.6 Å². The molecule has 0 radical (unpaired) electrons. The first-order valence-electron chi connectivity index (χ1n) is 11.4. The van der Waals surface area contributed by atoms with Crippen molar-refractivity contribution in [1.82, 2.24) is 24.5 Å². The number of hydrogen-bond acceptors (Lipinski definition) is 6. The van der Waals surface area contributed by atoms with Crippen LogP contribution in [0.1, 0.15) is 10.4 Å². The summed E-state index contributed by atoms with van der Waals surface area (Å²) in [7, 11) is 0. The lowest BCUT2D eigenvalue weighted by molar-refractivity contribution is 0.0999. The molecule has 0 spiro atoms. The first-order valence-corrected chi connectivity index (χ1v) is 12.2. The van der Waals surface area contributed by atoms with Crippen molar-refractivity contribution in [2.24, 2.45) is 5.73 Å². The van der Waals surface area contributed by atoms with E-state index in [0.29, 0.717) is 15.5 Å². The number of nitrogens with one attached hydrogen (secondary N) is 1. The Kier molecular flexibility index (Phi) is 5.88. The van der Waals surface area contributed by atoms with Gasteiger partial charge in [-0.25, -0.2) is 23.7 Å². The van der Waals surface area contributed by atoms with Crippen molar-refractivity contribution >= 4 is 43.9 Å². The highest BCUT2D eigenvalue weighted by Gasteiger charge is 2.26. The van der Waals surface area contributed by atoms with E-state index in [-0.39, 0.29) is 39.6 Å². The van der Waals surface area contributed by atoms with Gasteiger partial charge in [-0.3, -0.25) is 14.2 Å². The summed E-state index contributed by atoms with van der Waals surface area (Å²) in [6, 6.07) is 12.7. The maximum atomic E-state index is 15.5. The first kappa shape index (κ1) is 24.4. The Morgan fingerprint density at radius 1 is 1.00 bits per heavy atom. The molecule has 3 N–H and O–H groups in total. The molecule has 0 unspecified atom stereocenters. The number of amides is 1. The second-order valence-corrected chi connectivity index (χ2v) is 9.30. The number of H-pyrrole nitrogens is 1. The van der Waals surface area contributed by atoms with E-state index in [1.807, 2.05) is 0 Å². The van der Waals surface area contributed by atoms with Gasteiger partial charge in [-0.05, 0) is 54.6 Å². The van der Waals surface area contributed by atoms with Crippen molar-refractivity contribution in [3.05, 3.63) is 105 Å². The molecule has 0 saturated heterocycles. The average Bonchev–Trinajstić information content (AvgIpc) is 3.40. The third kappa shape index (κ3) is 4.10. The van der Waals surface area contributed by atoms with Crippen molar-refractivity contribution in [1.29, 1.82) is 0 Å². The lowest BCUT2D eigenvalue weighted by Gasteiger charge is -2.20. The molecule has 12 heteroatoms. The maximum absolute atomic E-state index is 15.5. The average molecular weight is 589 g/mol. The lowest BCUT2D eigenvalue weighted by atomic mass is 10.0. The molecule has 0 atom stereocenters. The molecule has 6 rings (SSSR count). The minimum absolute atomic E-state index is 0.0315. The molecule has 2 aromatic carbocycles. The topological polar surface area (TPSA) is 129 Å². The molecular formula is C27H15BrF2N6O3. The van der Waals surface area contributed by atoms with Crippen LogP contribution in [0.4, 0.5) is 8.78 Å². The number of fused-ring (bicyclic) bond motifs is 2. The van der Waals surface area contributed by atoms with Gasteiger partial charge in [0, 0.05) is 22.4 Å². The Morgan fingerprint density at radius 2 is 1.85 bits per heavy atom. The van der Waals surface area contributed by atoms with Gasteiger partial charge >= 0.3 is 0 Å².